The van der Waals surface area contributed by atoms with Gasteiger partial charge < -0.3 is 5.73 Å². The molecule has 0 aliphatic heterocycles. The van der Waals surface area contributed by atoms with Gasteiger partial charge in [0.2, 0.25) is 0 Å². The van der Waals surface area contributed by atoms with Gasteiger partial charge in [0.05, 0.1) is 5.84 Å². The summed E-state index contributed by atoms with van der Waals surface area (Å²) >= 11 is 6.74. The molecule has 0 fully saturated rings. The van der Waals surface area contributed by atoms with Gasteiger partial charge in [-0.25, -0.2) is 0 Å². The monoisotopic (exact) mass is 326 g/mol. The molecule has 0 heterocycles. The second-order valence-electron chi connectivity index (χ2n) is 2.44. The van der Waals surface area contributed by atoms with E-state index in [0.29, 0.717) is 6.42 Å². The fourth-order valence-electron chi connectivity index (χ4n) is 0.870. The zero-order valence-electron chi connectivity index (χ0n) is 6.68. The summed E-state index contributed by atoms with van der Waals surface area (Å²) in [6.45, 7) is 0. The topological polar surface area (TPSA) is 49.9 Å². The van der Waals surface area contributed by atoms with Crippen LogP contribution in [0.3, 0.4) is 0 Å². The first kappa shape index (κ1) is 12.9. The standard InChI is InChI=1S/C8H8Br2N2.ClH/c9-6-2-1-5(3-8(11)12)7(10)4-6;/h1-2,4H,3H2,(H3,11,12);1H. The van der Waals surface area contributed by atoms with Crippen LogP contribution in [0, 0.1) is 5.41 Å². The molecule has 3 N–H and O–H groups in total. The zero-order valence-corrected chi connectivity index (χ0v) is 10.7. The van der Waals surface area contributed by atoms with Crippen molar-refractivity contribution in [2.45, 2.75) is 6.42 Å². The second-order valence-corrected chi connectivity index (χ2v) is 4.21. The fraction of sp³-hybridized carbons (Fsp3) is 0.125. The Kier molecular flexibility index (Phi) is 5.60. The van der Waals surface area contributed by atoms with Crippen LogP contribution in [0.5, 0.6) is 0 Å². The van der Waals surface area contributed by atoms with E-state index in [2.05, 4.69) is 31.9 Å². The van der Waals surface area contributed by atoms with Crippen LogP contribution in [-0.2, 0) is 6.42 Å². The van der Waals surface area contributed by atoms with Crippen molar-refractivity contribution in [3.8, 4) is 0 Å². The Morgan fingerprint density at radius 3 is 2.46 bits per heavy atom. The Bertz CT molecular complexity index is 315. The number of halogens is 3. The van der Waals surface area contributed by atoms with Crippen molar-refractivity contribution in [2.24, 2.45) is 5.73 Å². The van der Waals surface area contributed by atoms with Crippen LogP contribution in [0.25, 0.3) is 0 Å². The summed E-state index contributed by atoms with van der Waals surface area (Å²) in [4.78, 5) is 0. The normalized spacial score (nSPS) is 9.08. The smallest absolute Gasteiger partial charge is 0.0950 e. The number of nitrogens with one attached hydrogen (secondary N) is 1. The zero-order chi connectivity index (χ0) is 9.14. The minimum atomic E-state index is 0. The van der Waals surface area contributed by atoms with Crippen LogP contribution in [0.4, 0.5) is 0 Å². The molecule has 0 atom stereocenters. The van der Waals surface area contributed by atoms with E-state index >= 15 is 0 Å². The van der Waals surface area contributed by atoms with Gasteiger partial charge in [-0.15, -0.1) is 12.4 Å². The van der Waals surface area contributed by atoms with E-state index in [4.69, 9.17) is 11.1 Å². The highest BCUT2D eigenvalue weighted by Crippen LogP contribution is 2.21. The Hall–Kier alpha value is -0.0600. The van der Waals surface area contributed by atoms with Crippen LogP contribution >= 0.6 is 44.3 Å². The molecule has 13 heavy (non-hydrogen) atoms. The molecule has 1 rings (SSSR count). The summed E-state index contributed by atoms with van der Waals surface area (Å²) in [5.41, 5.74) is 6.32. The maximum absolute atomic E-state index is 7.13. The highest BCUT2D eigenvalue weighted by molar-refractivity contribution is 9.11. The van der Waals surface area contributed by atoms with E-state index in [1.165, 1.54) is 0 Å². The molecule has 0 amide bonds. The second kappa shape index (κ2) is 5.62. The van der Waals surface area contributed by atoms with Gasteiger partial charge in [-0.1, -0.05) is 37.9 Å². The maximum Gasteiger partial charge on any atom is 0.0950 e. The minimum absolute atomic E-state index is 0. The summed E-state index contributed by atoms with van der Waals surface area (Å²) in [6, 6.07) is 5.82. The molecule has 0 aliphatic carbocycles. The summed E-state index contributed by atoms with van der Waals surface area (Å²) in [6.07, 6.45) is 0.494. The highest BCUT2D eigenvalue weighted by atomic mass is 79.9. The number of benzene rings is 1. The molecule has 1 aromatic rings. The minimum Gasteiger partial charge on any atom is -0.387 e. The molecule has 0 spiro atoms. The summed E-state index contributed by atoms with van der Waals surface area (Å²) in [5, 5.41) is 7.13. The number of nitrogens with two attached hydrogens (primary N) is 1. The van der Waals surface area contributed by atoms with E-state index in [9.17, 15) is 0 Å². The van der Waals surface area contributed by atoms with Gasteiger partial charge in [0.15, 0.2) is 0 Å². The van der Waals surface area contributed by atoms with Crippen LogP contribution in [0.2, 0.25) is 0 Å². The molecule has 1 aromatic carbocycles. The van der Waals surface area contributed by atoms with Gasteiger partial charge in [0.25, 0.3) is 0 Å². The van der Waals surface area contributed by atoms with Gasteiger partial charge in [-0.2, -0.15) is 0 Å². The molecule has 0 unspecified atom stereocenters. The number of amidine groups is 1. The van der Waals surface area contributed by atoms with Crippen LogP contribution in [-0.4, -0.2) is 5.84 Å². The quantitative estimate of drug-likeness (QED) is 0.636. The van der Waals surface area contributed by atoms with Crippen molar-refractivity contribution >= 4 is 50.1 Å². The van der Waals surface area contributed by atoms with E-state index < -0.39 is 0 Å². The Morgan fingerprint density at radius 2 is 2.00 bits per heavy atom. The average molecular weight is 328 g/mol. The van der Waals surface area contributed by atoms with E-state index in [-0.39, 0.29) is 18.2 Å². The summed E-state index contributed by atoms with van der Waals surface area (Å²) in [7, 11) is 0. The first-order valence-corrected chi connectivity index (χ1v) is 4.95. The third-order valence-electron chi connectivity index (χ3n) is 1.40. The van der Waals surface area contributed by atoms with Gasteiger partial charge in [-0.3, -0.25) is 5.41 Å². The van der Waals surface area contributed by atoms with Crippen molar-refractivity contribution in [2.75, 3.05) is 0 Å². The Balaban J connectivity index is 0.00000144. The molecular weight excluding hydrogens is 319 g/mol. The molecule has 5 heteroatoms. The molecule has 72 valence electrons. The molecular formula is C8H9Br2ClN2. The van der Waals surface area contributed by atoms with Gasteiger partial charge in [0, 0.05) is 15.4 Å². The lowest BCUT2D eigenvalue weighted by molar-refractivity contribution is 1.23. The van der Waals surface area contributed by atoms with Gasteiger partial charge in [-0.05, 0) is 17.7 Å². The molecule has 0 aliphatic rings. The lowest BCUT2D eigenvalue weighted by Gasteiger charge is -2.02. The van der Waals surface area contributed by atoms with E-state index in [0.717, 1.165) is 14.5 Å². The Labute approximate surface area is 100 Å². The molecule has 0 aromatic heterocycles. The van der Waals surface area contributed by atoms with Crippen molar-refractivity contribution in [3.63, 3.8) is 0 Å². The van der Waals surface area contributed by atoms with Crippen molar-refractivity contribution in [1.29, 1.82) is 5.41 Å². The fourth-order valence-corrected chi connectivity index (χ4v) is 2.06. The van der Waals surface area contributed by atoms with Crippen molar-refractivity contribution in [3.05, 3.63) is 32.7 Å². The third kappa shape index (κ3) is 4.11. The van der Waals surface area contributed by atoms with Crippen molar-refractivity contribution < 1.29 is 0 Å². The summed E-state index contributed by atoms with van der Waals surface area (Å²) in [5.74, 6) is 0.179. The third-order valence-corrected chi connectivity index (χ3v) is 2.63. The van der Waals surface area contributed by atoms with Gasteiger partial charge in [0.1, 0.15) is 0 Å². The van der Waals surface area contributed by atoms with Gasteiger partial charge >= 0.3 is 0 Å². The molecule has 0 radical (unpaired) electrons. The van der Waals surface area contributed by atoms with Crippen molar-refractivity contribution in [1.82, 2.24) is 0 Å². The SMILES string of the molecule is Cl.N=C(N)Cc1ccc(Br)cc1Br. The molecule has 0 bridgehead atoms. The predicted octanol–water partition coefficient (Wildman–Crippen LogP) is 3.11. The van der Waals surface area contributed by atoms with E-state index in [1.54, 1.807) is 0 Å². The average Bonchev–Trinajstić information content (AvgIpc) is 1.94. The molecule has 0 saturated carbocycles. The number of rotatable bonds is 2. The van der Waals surface area contributed by atoms with E-state index in [1.807, 2.05) is 18.2 Å². The first-order chi connectivity index (χ1) is 5.59. The number of hydrogen-bond acceptors (Lipinski definition) is 1. The lowest BCUT2D eigenvalue weighted by atomic mass is 10.1. The summed E-state index contributed by atoms with van der Waals surface area (Å²) < 4.78 is 1.99. The lowest BCUT2D eigenvalue weighted by Crippen LogP contribution is -2.12. The largest absolute Gasteiger partial charge is 0.387 e. The van der Waals surface area contributed by atoms with Crippen LogP contribution in [0.15, 0.2) is 27.1 Å². The van der Waals surface area contributed by atoms with Crippen LogP contribution < -0.4 is 5.73 Å². The van der Waals surface area contributed by atoms with Crippen LogP contribution in [0.1, 0.15) is 5.56 Å². The molecule has 0 saturated heterocycles. The first-order valence-electron chi connectivity index (χ1n) is 3.36. The maximum atomic E-state index is 7.13. The predicted molar refractivity (Wildman–Crippen MR) is 64.7 cm³/mol. The Morgan fingerprint density at radius 1 is 1.38 bits per heavy atom. The number of hydrogen-bond donors (Lipinski definition) is 2. The molecule has 2 nitrogen and oxygen atoms in total. The highest BCUT2D eigenvalue weighted by Gasteiger charge is 2.01.